The van der Waals surface area contributed by atoms with Gasteiger partial charge in [-0.15, -0.1) is 0 Å². The van der Waals surface area contributed by atoms with Crippen molar-refractivity contribution in [3.05, 3.63) is 176 Å². The standard InChI is InChI=1S/C44H29N3/c1-3-13-30(14-4-1)31-23-25-32(26-24-31)43-39-20-9-11-21-40(39)45-44(46-43)33-27-28-38-36-18-8-7-17-35(36)37-19-10-12-22-41(37)47(42(38)29-33)34-15-5-2-6-16-34/h1-29H. The highest BCUT2D eigenvalue weighted by Crippen LogP contribution is 2.51. The first-order chi connectivity index (χ1) is 23.3. The van der Waals surface area contributed by atoms with E-state index in [2.05, 4.69) is 169 Å². The Morgan fingerprint density at radius 1 is 0.362 bits per heavy atom. The molecule has 1 aromatic heterocycles. The van der Waals surface area contributed by atoms with E-state index in [1.54, 1.807) is 0 Å². The third kappa shape index (κ3) is 4.68. The molecule has 7 aromatic carbocycles. The lowest BCUT2D eigenvalue weighted by molar-refractivity contribution is 1.22. The van der Waals surface area contributed by atoms with Crippen molar-refractivity contribution in [3.8, 4) is 56.0 Å². The van der Waals surface area contributed by atoms with Crippen LogP contribution in [0.25, 0.3) is 66.9 Å². The zero-order chi connectivity index (χ0) is 31.2. The minimum atomic E-state index is 0.701. The predicted molar refractivity (Wildman–Crippen MR) is 195 cm³/mol. The number of rotatable bonds is 4. The molecule has 0 aliphatic carbocycles. The minimum Gasteiger partial charge on any atom is -0.309 e. The molecule has 0 spiro atoms. The summed E-state index contributed by atoms with van der Waals surface area (Å²) in [5.41, 5.74) is 14.4. The van der Waals surface area contributed by atoms with Crippen molar-refractivity contribution < 1.29 is 0 Å². The molecule has 0 saturated carbocycles. The van der Waals surface area contributed by atoms with E-state index in [4.69, 9.17) is 9.97 Å². The van der Waals surface area contributed by atoms with Crippen molar-refractivity contribution in [2.75, 3.05) is 4.90 Å². The molecular formula is C44H29N3. The zero-order valence-corrected chi connectivity index (χ0v) is 25.6. The number of hydrogen-bond acceptors (Lipinski definition) is 3. The first-order valence-electron chi connectivity index (χ1n) is 15.9. The summed E-state index contributed by atoms with van der Waals surface area (Å²) in [6.07, 6.45) is 0. The molecule has 47 heavy (non-hydrogen) atoms. The molecule has 1 aliphatic rings. The van der Waals surface area contributed by atoms with Crippen molar-refractivity contribution in [1.82, 2.24) is 9.97 Å². The highest BCUT2D eigenvalue weighted by atomic mass is 15.1. The van der Waals surface area contributed by atoms with E-state index in [0.29, 0.717) is 5.82 Å². The summed E-state index contributed by atoms with van der Waals surface area (Å²) in [6, 6.07) is 62.1. The molecule has 0 atom stereocenters. The van der Waals surface area contributed by atoms with Crippen LogP contribution in [-0.2, 0) is 0 Å². The summed E-state index contributed by atoms with van der Waals surface area (Å²) < 4.78 is 0. The molecule has 0 bridgehead atoms. The predicted octanol–water partition coefficient (Wildman–Crippen LogP) is 11.7. The summed E-state index contributed by atoms with van der Waals surface area (Å²) in [5, 5.41) is 1.03. The molecule has 0 N–H and O–H groups in total. The molecular weight excluding hydrogens is 571 g/mol. The maximum Gasteiger partial charge on any atom is 0.160 e. The number of aromatic nitrogens is 2. The van der Waals surface area contributed by atoms with Crippen LogP contribution in [0.2, 0.25) is 0 Å². The van der Waals surface area contributed by atoms with Gasteiger partial charge in [0, 0.05) is 33.3 Å². The third-order valence-corrected chi connectivity index (χ3v) is 9.03. The minimum absolute atomic E-state index is 0.701. The number of para-hydroxylation sites is 3. The summed E-state index contributed by atoms with van der Waals surface area (Å²) in [5.74, 6) is 0.701. The van der Waals surface area contributed by atoms with Gasteiger partial charge in [0.15, 0.2) is 5.82 Å². The van der Waals surface area contributed by atoms with E-state index in [9.17, 15) is 0 Å². The van der Waals surface area contributed by atoms with Crippen LogP contribution in [0, 0.1) is 0 Å². The van der Waals surface area contributed by atoms with Crippen molar-refractivity contribution in [1.29, 1.82) is 0 Å². The maximum absolute atomic E-state index is 5.27. The van der Waals surface area contributed by atoms with Crippen LogP contribution in [0.5, 0.6) is 0 Å². The van der Waals surface area contributed by atoms with Gasteiger partial charge in [0.1, 0.15) is 0 Å². The number of anilines is 3. The quantitative estimate of drug-likeness (QED) is 0.201. The van der Waals surface area contributed by atoms with Gasteiger partial charge in [0.05, 0.1) is 22.6 Å². The van der Waals surface area contributed by atoms with Crippen molar-refractivity contribution in [3.63, 3.8) is 0 Å². The topological polar surface area (TPSA) is 29.0 Å². The molecule has 2 heterocycles. The molecule has 3 heteroatoms. The van der Waals surface area contributed by atoms with Crippen LogP contribution in [0.3, 0.4) is 0 Å². The van der Waals surface area contributed by atoms with Crippen LogP contribution in [0.4, 0.5) is 17.1 Å². The van der Waals surface area contributed by atoms with Crippen LogP contribution in [0.1, 0.15) is 0 Å². The average Bonchev–Trinajstić information content (AvgIpc) is 3.27. The lowest BCUT2D eigenvalue weighted by Gasteiger charge is -2.27. The first-order valence-corrected chi connectivity index (χ1v) is 15.9. The number of fused-ring (bicyclic) bond motifs is 6. The second kappa shape index (κ2) is 11.2. The Morgan fingerprint density at radius 3 is 1.68 bits per heavy atom. The molecule has 0 radical (unpaired) electrons. The lowest BCUT2D eigenvalue weighted by Crippen LogP contribution is -2.11. The van der Waals surface area contributed by atoms with Gasteiger partial charge in [-0.2, -0.15) is 0 Å². The molecule has 1 aliphatic heterocycles. The van der Waals surface area contributed by atoms with Gasteiger partial charge in [-0.25, -0.2) is 9.97 Å². The van der Waals surface area contributed by atoms with Crippen LogP contribution < -0.4 is 4.90 Å². The SMILES string of the molecule is c1ccc(-c2ccc(-c3nc(-c4ccc5c(c4)N(c4ccccc4)c4ccccc4-c4ccccc4-5)nc4ccccc34)cc2)cc1. The lowest BCUT2D eigenvalue weighted by atomic mass is 9.94. The van der Waals surface area contributed by atoms with Gasteiger partial charge in [-0.05, 0) is 52.6 Å². The second-order valence-corrected chi connectivity index (χ2v) is 11.8. The Labute approximate surface area is 274 Å². The Bertz CT molecular complexity index is 2400. The monoisotopic (exact) mass is 599 g/mol. The van der Waals surface area contributed by atoms with E-state index >= 15 is 0 Å². The number of benzene rings is 7. The maximum atomic E-state index is 5.27. The first kappa shape index (κ1) is 27.0. The Morgan fingerprint density at radius 2 is 0.915 bits per heavy atom. The molecule has 0 saturated heterocycles. The zero-order valence-electron chi connectivity index (χ0n) is 25.6. The van der Waals surface area contributed by atoms with E-state index in [0.717, 1.165) is 44.8 Å². The highest BCUT2D eigenvalue weighted by Gasteiger charge is 2.26. The molecule has 0 unspecified atom stereocenters. The Kier molecular flexibility index (Phi) is 6.46. The van der Waals surface area contributed by atoms with Crippen LogP contribution in [0.15, 0.2) is 176 Å². The molecule has 0 amide bonds. The molecule has 220 valence electrons. The number of nitrogens with zero attached hydrogens (tertiary/aromatic N) is 3. The fourth-order valence-corrected chi connectivity index (χ4v) is 6.79. The largest absolute Gasteiger partial charge is 0.309 e. The van der Waals surface area contributed by atoms with Gasteiger partial charge in [0.2, 0.25) is 0 Å². The fourth-order valence-electron chi connectivity index (χ4n) is 6.79. The highest BCUT2D eigenvalue weighted by molar-refractivity contribution is 6.03. The molecule has 0 fully saturated rings. The van der Waals surface area contributed by atoms with E-state index < -0.39 is 0 Å². The van der Waals surface area contributed by atoms with Crippen LogP contribution in [-0.4, -0.2) is 9.97 Å². The molecule has 9 rings (SSSR count). The van der Waals surface area contributed by atoms with Gasteiger partial charge in [0.25, 0.3) is 0 Å². The van der Waals surface area contributed by atoms with Gasteiger partial charge in [-0.1, -0.05) is 146 Å². The molecule has 3 nitrogen and oxygen atoms in total. The van der Waals surface area contributed by atoms with Crippen LogP contribution >= 0.6 is 0 Å². The smallest absolute Gasteiger partial charge is 0.160 e. The van der Waals surface area contributed by atoms with Crippen molar-refractivity contribution in [2.45, 2.75) is 0 Å². The average molecular weight is 600 g/mol. The normalized spacial score (nSPS) is 11.8. The van der Waals surface area contributed by atoms with Crippen molar-refractivity contribution >= 4 is 28.0 Å². The van der Waals surface area contributed by atoms with Crippen molar-refractivity contribution in [2.24, 2.45) is 0 Å². The summed E-state index contributed by atoms with van der Waals surface area (Å²) >= 11 is 0. The van der Waals surface area contributed by atoms with E-state index in [1.165, 1.54) is 33.4 Å². The fraction of sp³-hybridized carbons (Fsp3) is 0. The van der Waals surface area contributed by atoms with Gasteiger partial charge in [-0.3, -0.25) is 0 Å². The number of hydrogen-bond donors (Lipinski definition) is 0. The van der Waals surface area contributed by atoms with E-state index in [-0.39, 0.29) is 0 Å². The summed E-state index contributed by atoms with van der Waals surface area (Å²) in [4.78, 5) is 12.8. The van der Waals surface area contributed by atoms with Gasteiger partial charge < -0.3 is 4.90 Å². The Hall–Kier alpha value is -6.32. The second-order valence-electron chi connectivity index (χ2n) is 11.8. The summed E-state index contributed by atoms with van der Waals surface area (Å²) in [6.45, 7) is 0. The molecule has 8 aromatic rings. The van der Waals surface area contributed by atoms with Gasteiger partial charge >= 0.3 is 0 Å². The van der Waals surface area contributed by atoms with E-state index in [1.807, 2.05) is 12.1 Å². The summed E-state index contributed by atoms with van der Waals surface area (Å²) in [7, 11) is 0. The Balaban J connectivity index is 1.25. The third-order valence-electron chi connectivity index (χ3n) is 9.03.